The summed E-state index contributed by atoms with van der Waals surface area (Å²) in [6.07, 6.45) is 2.58. The Kier molecular flexibility index (Phi) is 4.87. The van der Waals surface area contributed by atoms with Crippen LogP contribution in [-0.4, -0.2) is 48.1 Å². The third-order valence-electron chi connectivity index (χ3n) is 3.98. The summed E-state index contributed by atoms with van der Waals surface area (Å²) in [5, 5.41) is 10.1. The minimum Gasteiger partial charge on any atom is -0.507 e. The van der Waals surface area contributed by atoms with Gasteiger partial charge in [0.1, 0.15) is 5.75 Å². The number of phenolic OH excluding ortho intramolecular Hbond substituents is 1. The first-order valence-electron chi connectivity index (χ1n) is 6.84. The number of rotatable bonds is 4. The summed E-state index contributed by atoms with van der Waals surface area (Å²) in [6.45, 7) is 4.99. The fourth-order valence-corrected chi connectivity index (χ4v) is 3.47. The van der Waals surface area contributed by atoms with Gasteiger partial charge in [-0.2, -0.15) is 0 Å². The molecule has 106 valence electrons. The molecule has 1 aromatic rings. The SMILES string of the molecule is Cc1cc(Br)cc(CN(C)CC2CCCN2C)c1O. The zero-order valence-corrected chi connectivity index (χ0v) is 13.6. The van der Waals surface area contributed by atoms with Crippen LogP contribution >= 0.6 is 15.9 Å². The maximum atomic E-state index is 10.1. The Labute approximate surface area is 124 Å². The van der Waals surface area contributed by atoms with E-state index in [4.69, 9.17) is 0 Å². The van der Waals surface area contributed by atoms with E-state index in [2.05, 4.69) is 39.8 Å². The molecule has 0 bridgehead atoms. The van der Waals surface area contributed by atoms with Crippen molar-refractivity contribution in [3.8, 4) is 5.75 Å². The molecule has 1 N–H and O–H groups in total. The number of nitrogens with zero attached hydrogens (tertiary/aromatic N) is 2. The van der Waals surface area contributed by atoms with E-state index in [1.54, 1.807) is 0 Å². The number of hydrogen-bond donors (Lipinski definition) is 1. The molecule has 1 saturated heterocycles. The van der Waals surface area contributed by atoms with Crippen molar-refractivity contribution in [3.63, 3.8) is 0 Å². The first kappa shape index (κ1) is 14.8. The van der Waals surface area contributed by atoms with Gasteiger partial charge in [-0.15, -0.1) is 0 Å². The van der Waals surface area contributed by atoms with Gasteiger partial charge in [0.15, 0.2) is 0 Å². The highest BCUT2D eigenvalue weighted by atomic mass is 79.9. The number of aryl methyl sites for hydroxylation is 1. The molecule has 1 heterocycles. The van der Waals surface area contributed by atoms with E-state index in [1.165, 1.54) is 19.4 Å². The average molecular weight is 327 g/mol. The number of hydrogen-bond acceptors (Lipinski definition) is 3. The van der Waals surface area contributed by atoms with Gasteiger partial charge >= 0.3 is 0 Å². The number of likely N-dealkylation sites (N-methyl/N-ethyl adjacent to an activating group) is 2. The molecule has 4 heteroatoms. The van der Waals surface area contributed by atoms with Crippen LogP contribution in [-0.2, 0) is 6.54 Å². The molecule has 0 aromatic heterocycles. The van der Waals surface area contributed by atoms with Gasteiger partial charge in [0.05, 0.1) is 0 Å². The quantitative estimate of drug-likeness (QED) is 0.921. The van der Waals surface area contributed by atoms with E-state index >= 15 is 0 Å². The maximum absolute atomic E-state index is 10.1. The van der Waals surface area contributed by atoms with Crippen molar-refractivity contribution < 1.29 is 5.11 Å². The smallest absolute Gasteiger partial charge is 0.123 e. The molecule has 0 amide bonds. The van der Waals surface area contributed by atoms with Crippen LogP contribution in [0, 0.1) is 6.92 Å². The zero-order chi connectivity index (χ0) is 14.0. The van der Waals surface area contributed by atoms with Crippen molar-refractivity contribution in [3.05, 3.63) is 27.7 Å². The fourth-order valence-electron chi connectivity index (χ4n) is 2.85. The highest BCUT2D eigenvalue weighted by Crippen LogP contribution is 2.28. The Morgan fingerprint density at radius 3 is 2.84 bits per heavy atom. The van der Waals surface area contributed by atoms with E-state index in [0.717, 1.165) is 28.7 Å². The minimum atomic E-state index is 0.426. The maximum Gasteiger partial charge on any atom is 0.123 e. The van der Waals surface area contributed by atoms with Gasteiger partial charge in [-0.3, -0.25) is 0 Å². The molecular weight excluding hydrogens is 304 g/mol. The van der Waals surface area contributed by atoms with Crippen molar-refractivity contribution in [2.75, 3.05) is 27.2 Å². The van der Waals surface area contributed by atoms with E-state index in [1.807, 2.05) is 19.1 Å². The third-order valence-corrected chi connectivity index (χ3v) is 4.44. The molecule has 0 radical (unpaired) electrons. The largest absolute Gasteiger partial charge is 0.507 e. The second-order valence-corrected chi connectivity index (χ2v) is 6.62. The molecule has 1 aliphatic heterocycles. The predicted octanol–water partition coefficient (Wildman–Crippen LogP) is 2.99. The molecule has 2 rings (SSSR count). The van der Waals surface area contributed by atoms with Crippen LogP contribution in [0.2, 0.25) is 0 Å². The molecule has 19 heavy (non-hydrogen) atoms. The predicted molar refractivity (Wildman–Crippen MR) is 82.5 cm³/mol. The van der Waals surface area contributed by atoms with Crippen molar-refractivity contribution in [1.82, 2.24) is 9.80 Å². The summed E-state index contributed by atoms with van der Waals surface area (Å²) in [4.78, 5) is 4.73. The van der Waals surface area contributed by atoms with Gasteiger partial charge in [-0.1, -0.05) is 15.9 Å². The molecule has 1 aliphatic rings. The third kappa shape index (κ3) is 3.71. The standard InChI is InChI=1S/C15H23BrN2O/c1-11-7-13(16)8-12(15(11)19)9-17(2)10-14-5-4-6-18(14)3/h7-8,14,19H,4-6,9-10H2,1-3H3. The summed E-state index contributed by atoms with van der Waals surface area (Å²) in [5.74, 6) is 0.426. The number of likely N-dealkylation sites (tertiary alicyclic amines) is 1. The molecule has 1 atom stereocenters. The first-order chi connectivity index (χ1) is 8.97. The van der Waals surface area contributed by atoms with Gasteiger partial charge in [-0.05, 0) is 58.1 Å². The van der Waals surface area contributed by atoms with Crippen LogP contribution in [0.3, 0.4) is 0 Å². The summed E-state index contributed by atoms with van der Waals surface area (Å²) >= 11 is 3.50. The fraction of sp³-hybridized carbons (Fsp3) is 0.600. The van der Waals surface area contributed by atoms with Gasteiger partial charge in [0.2, 0.25) is 0 Å². The van der Waals surface area contributed by atoms with Crippen LogP contribution in [0.4, 0.5) is 0 Å². The Hall–Kier alpha value is -0.580. The second kappa shape index (κ2) is 6.25. The van der Waals surface area contributed by atoms with E-state index < -0.39 is 0 Å². The molecular formula is C15H23BrN2O. The summed E-state index contributed by atoms with van der Waals surface area (Å²) in [7, 11) is 4.33. The lowest BCUT2D eigenvalue weighted by Gasteiger charge is -2.26. The summed E-state index contributed by atoms with van der Waals surface area (Å²) in [6, 6.07) is 4.61. The molecule has 3 nitrogen and oxygen atoms in total. The minimum absolute atomic E-state index is 0.426. The monoisotopic (exact) mass is 326 g/mol. The van der Waals surface area contributed by atoms with Gasteiger partial charge in [0, 0.05) is 29.2 Å². The highest BCUT2D eigenvalue weighted by Gasteiger charge is 2.22. The second-order valence-electron chi connectivity index (χ2n) is 5.70. The lowest BCUT2D eigenvalue weighted by atomic mass is 10.1. The van der Waals surface area contributed by atoms with E-state index in [0.29, 0.717) is 11.8 Å². The van der Waals surface area contributed by atoms with Crippen molar-refractivity contribution in [2.45, 2.75) is 32.4 Å². The van der Waals surface area contributed by atoms with Crippen LogP contribution in [0.1, 0.15) is 24.0 Å². The Morgan fingerprint density at radius 2 is 2.21 bits per heavy atom. The van der Waals surface area contributed by atoms with Crippen molar-refractivity contribution >= 4 is 15.9 Å². The topological polar surface area (TPSA) is 26.7 Å². The van der Waals surface area contributed by atoms with Crippen molar-refractivity contribution in [2.24, 2.45) is 0 Å². The van der Waals surface area contributed by atoms with Crippen LogP contribution in [0.25, 0.3) is 0 Å². The highest BCUT2D eigenvalue weighted by molar-refractivity contribution is 9.10. The summed E-state index contributed by atoms with van der Waals surface area (Å²) in [5.41, 5.74) is 1.92. The van der Waals surface area contributed by atoms with Crippen molar-refractivity contribution in [1.29, 1.82) is 0 Å². The number of aromatic hydroxyl groups is 1. The van der Waals surface area contributed by atoms with Gasteiger partial charge in [0.25, 0.3) is 0 Å². The van der Waals surface area contributed by atoms with Crippen LogP contribution < -0.4 is 0 Å². The van der Waals surface area contributed by atoms with E-state index in [9.17, 15) is 5.11 Å². The normalized spacial score (nSPS) is 20.4. The lowest BCUT2D eigenvalue weighted by Crippen LogP contribution is -2.36. The first-order valence-corrected chi connectivity index (χ1v) is 7.63. The zero-order valence-electron chi connectivity index (χ0n) is 12.0. The Morgan fingerprint density at radius 1 is 1.47 bits per heavy atom. The Balaban J connectivity index is 2.00. The molecule has 1 fully saturated rings. The van der Waals surface area contributed by atoms with Gasteiger partial charge < -0.3 is 14.9 Å². The molecule has 1 aromatic carbocycles. The van der Waals surface area contributed by atoms with Gasteiger partial charge in [-0.25, -0.2) is 0 Å². The van der Waals surface area contributed by atoms with Crippen LogP contribution in [0.5, 0.6) is 5.75 Å². The molecule has 0 spiro atoms. The molecule has 1 unspecified atom stereocenters. The van der Waals surface area contributed by atoms with Crippen LogP contribution in [0.15, 0.2) is 16.6 Å². The molecule has 0 saturated carbocycles. The number of phenols is 1. The average Bonchev–Trinajstić information content (AvgIpc) is 2.71. The Bertz CT molecular complexity index is 450. The van der Waals surface area contributed by atoms with E-state index in [-0.39, 0.29) is 0 Å². The summed E-state index contributed by atoms with van der Waals surface area (Å²) < 4.78 is 1.03. The lowest BCUT2D eigenvalue weighted by molar-refractivity contribution is 0.214. The number of halogens is 1. The number of benzene rings is 1. The molecule has 0 aliphatic carbocycles.